The summed E-state index contributed by atoms with van der Waals surface area (Å²) in [4.78, 5) is 17.6. The molecule has 242 valence electrons. The first-order chi connectivity index (χ1) is 24.4. The van der Waals surface area contributed by atoms with Crippen LogP contribution in [0, 0.1) is 23.5 Å². The summed E-state index contributed by atoms with van der Waals surface area (Å²) in [5, 5.41) is 9.49. The molecule has 0 radical (unpaired) electrons. The number of benzene rings is 3. The van der Waals surface area contributed by atoms with Gasteiger partial charge in [-0.1, -0.05) is 64.7 Å². The molecular weight excluding hydrogens is 675 g/mol. The van der Waals surface area contributed by atoms with Gasteiger partial charge in [0.15, 0.2) is 0 Å². The Bertz CT molecular complexity index is 2550. The second-order valence-electron chi connectivity index (χ2n) is 10.9. The lowest BCUT2D eigenvalue weighted by molar-refractivity contribution is 0.624. The van der Waals surface area contributed by atoms with E-state index in [1.165, 1.54) is 30.3 Å². The normalized spacial score (nSPS) is 10.7. The Morgan fingerprint density at radius 3 is 2.06 bits per heavy atom. The monoisotopic (exact) mass is 697 g/mol. The predicted molar refractivity (Wildman–Crippen MR) is 191 cm³/mol. The van der Waals surface area contributed by atoms with Gasteiger partial charge in [0.2, 0.25) is 0 Å². The van der Waals surface area contributed by atoms with E-state index in [9.17, 15) is 8.78 Å². The number of rotatable bonds is 4. The third-order valence-corrected chi connectivity index (χ3v) is 7.97. The van der Waals surface area contributed by atoms with Gasteiger partial charge in [-0.05, 0) is 96.4 Å². The molecule has 0 aliphatic rings. The Morgan fingerprint density at radius 2 is 1.30 bits per heavy atom. The molecule has 0 saturated carbocycles. The lowest BCUT2D eigenvalue weighted by Gasteiger charge is -2.10. The van der Waals surface area contributed by atoms with Crippen LogP contribution in [0.25, 0.3) is 44.7 Å². The molecule has 0 unspecified atom stereocenters. The van der Waals surface area contributed by atoms with E-state index in [4.69, 9.17) is 28.2 Å². The molecule has 50 heavy (non-hydrogen) atoms. The number of aromatic nitrogens is 7. The first-order valence-corrected chi connectivity index (χ1v) is 16.0. The Kier molecular flexibility index (Phi) is 9.47. The van der Waals surface area contributed by atoms with Gasteiger partial charge in [-0.15, -0.1) is 5.10 Å². The van der Waals surface area contributed by atoms with Crippen molar-refractivity contribution in [2.75, 3.05) is 0 Å². The minimum absolute atomic E-state index is 0.255. The molecule has 5 heterocycles. The first kappa shape index (κ1) is 32.5. The second kappa shape index (κ2) is 14.6. The van der Waals surface area contributed by atoms with Gasteiger partial charge in [-0.3, -0.25) is 9.97 Å². The van der Waals surface area contributed by atoms with E-state index in [-0.39, 0.29) is 11.1 Å². The number of hydrogen-bond donors (Lipinski definition) is 0. The largest absolute Gasteiger partial charge is 0.255 e. The van der Waals surface area contributed by atoms with Gasteiger partial charge in [0.25, 0.3) is 0 Å². The van der Waals surface area contributed by atoms with Crippen LogP contribution in [-0.4, -0.2) is 34.9 Å². The molecule has 0 fully saturated rings. The van der Waals surface area contributed by atoms with Gasteiger partial charge in [-0.25, -0.2) is 23.4 Å². The zero-order valence-electron chi connectivity index (χ0n) is 26.0. The fraction of sp³-hybridized carbons (Fsp3) is 0.0256. The summed E-state index contributed by atoms with van der Waals surface area (Å²) in [5.74, 6) is 4.76. The topological polar surface area (TPSA) is 82.3 Å². The average molecular weight is 699 g/mol. The Morgan fingerprint density at radius 1 is 0.620 bits per heavy atom. The maximum absolute atomic E-state index is 14.7. The van der Waals surface area contributed by atoms with Crippen molar-refractivity contribution in [1.82, 2.24) is 34.9 Å². The Labute approximate surface area is 295 Å². The van der Waals surface area contributed by atoms with Crippen molar-refractivity contribution in [1.29, 1.82) is 0 Å². The lowest BCUT2D eigenvalue weighted by atomic mass is 10.1. The van der Waals surface area contributed by atoms with E-state index < -0.39 is 11.6 Å². The van der Waals surface area contributed by atoms with Crippen molar-refractivity contribution in [3.05, 3.63) is 166 Å². The molecular formula is C39H23Cl2F2N7. The second-order valence-corrected chi connectivity index (χ2v) is 11.8. The van der Waals surface area contributed by atoms with Crippen LogP contribution >= 0.6 is 23.2 Å². The average Bonchev–Trinajstić information content (AvgIpc) is 3.56. The number of halogens is 4. The predicted octanol–water partition coefficient (Wildman–Crippen LogP) is 9.22. The van der Waals surface area contributed by atoms with E-state index in [0.717, 1.165) is 27.6 Å². The summed E-state index contributed by atoms with van der Waals surface area (Å²) in [6.07, 6.45) is 3.42. The van der Waals surface area contributed by atoms with Gasteiger partial charge in [0, 0.05) is 28.0 Å². The van der Waals surface area contributed by atoms with E-state index in [1.54, 1.807) is 29.2 Å². The maximum Gasteiger partial charge on any atom is 0.138 e. The molecule has 0 amide bonds. The smallest absolute Gasteiger partial charge is 0.138 e. The van der Waals surface area contributed by atoms with Crippen molar-refractivity contribution < 1.29 is 8.78 Å². The molecule has 7 nitrogen and oxygen atoms in total. The molecule has 11 heteroatoms. The summed E-state index contributed by atoms with van der Waals surface area (Å²) in [5.41, 5.74) is 6.85. The fourth-order valence-electron chi connectivity index (χ4n) is 5.13. The van der Waals surface area contributed by atoms with Crippen molar-refractivity contribution in [3.63, 3.8) is 0 Å². The maximum atomic E-state index is 14.7. The van der Waals surface area contributed by atoms with Crippen molar-refractivity contribution in [2.45, 2.75) is 6.54 Å². The Balaban J connectivity index is 0.000000170. The third-order valence-electron chi connectivity index (χ3n) is 7.50. The summed E-state index contributed by atoms with van der Waals surface area (Å²) in [6.45, 7) is 0.470. The van der Waals surface area contributed by atoms with Crippen LogP contribution in [0.5, 0.6) is 0 Å². The standard InChI is InChI=1S/C23H15ClFN5.C16H8ClFN2/c24-16-8-9-18(25)17(13-16)22-23(21-11-10-19-20(27-21)7-4-12-26-19)30(29-28-22)14-15-5-2-1-3-6-15;17-12-4-7-14(18)11(10-12)3-5-13-6-8-15-16(20-13)2-1-9-19-15/h1-13H,14H2;1-2,4,6-10H. The highest BCUT2D eigenvalue weighted by Gasteiger charge is 2.21. The van der Waals surface area contributed by atoms with Crippen LogP contribution in [0.4, 0.5) is 8.78 Å². The zero-order valence-corrected chi connectivity index (χ0v) is 27.5. The molecule has 0 spiro atoms. The van der Waals surface area contributed by atoms with Gasteiger partial charge in [0.05, 0.1) is 39.9 Å². The van der Waals surface area contributed by atoms with E-state index >= 15 is 0 Å². The summed E-state index contributed by atoms with van der Waals surface area (Å²) in [7, 11) is 0. The summed E-state index contributed by atoms with van der Waals surface area (Å²) in [6, 6.07) is 33.3. The molecule has 0 atom stereocenters. The molecule has 8 aromatic rings. The molecule has 5 aromatic heterocycles. The van der Waals surface area contributed by atoms with E-state index in [0.29, 0.717) is 39.4 Å². The molecule has 3 aromatic carbocycles. The number of hydrogen-bond acceptors (Lipinski definition) is 6. The first-order valence-electron chi connectivity index (χ1n) is 15.2. The molecule has 0 N–H and O–H groups in total. The quantitative estimate of drug-likeness (QED) is 0.171. The molecule has 0 saturated heterocycles. The highest BCUT2D eigenvalue weighted by Crippen LogP contribution is 2.33. The summed E-state index contributed by atoms with van der Waals surface area (Å²) < 4.78 is 29.9. The van der Waals surface area contributed by atoms with E-state index in [2.05, 4.69) is 37.1 Å². The number of pyridine rings is 4. The van der Waals surface area contributed by atoms with Crippen molar-refractivity contribution in [2.24, 2.45) is 0 Å². The number of nitrogens with zero attached hydrogens (tertiary/aromatic N) is 7. The van der Waals surface area contributed by atoms with Crippen LogP contribution in [-0.2, 0) is 6.54 Å². The number of fused-ring (bicyclic) bond motifs is 2. The minimum Gasteiger partial charge on any atom is -0.255 e. The highest BCUT2D eigenvalue weighted by molar-refractivity contribution is 6.31. The van der Waals surface area contributed by atoms with Crippen LogP contribution in [0.2, 0.25) is 10.0 Å². The molecule has 0 bridgehead atoms. The lowest BCUT2D eigenvalue weighted by Crippen LogP contribution is -2.05. The molecule has 0 aliphatic carbocycles. The van der Waals surface area contributed by atoms with Gasteiger partial charge in [0.1, 0.15) is 28.7 Å². The van der Waals surface area contributed by atoms with Crippen molar-refractivity contribution >= 4 is 45.3 Å². The minimum atomic E-state index is -0.421. The Hall–Kier alpha value is -6.08. The van der Waals surface area contributed by atoms with Gasteiger partial charge >= 0.3 is 0 Å². The SMILES string of the molecule is Fc1ccc(Cl)cc1-c1nnn(Cc2ccccc2)c1-c1ccc2ncccc2n1.Fc1ccc(Cl)cc1C#Cc1ccc2ncccc2n1. The summed E-state index contributed by atoms with van der Waals surface area (Å²) >= 11 is 12.0. The van der Waals surface area contributed by atoms with Gasteiger partial charge < -0.3 is 0 Å². The van der Waals surface area contributed by atoms with Crippen molar-refractivity contribution in [3.8, 4) is 34.5 Å². The van der Waals surface area contributed by atoms with E-state index in [1.807, 2.05) is 72.8 Å². The van der Waals surface area contributed by atoms with Crippen LogP contribution in [0.1, 0.15) is 16.8 Å². The molecule has 8 rings (SSSR count). The fourth-order valence-corrected chi connectivity index (χ4v) is 5.48. The third kappa shape index (κ3) is 7.32. The highest BCUT2D eigenvalue weighted by atomic mass is 35.5. The van der Waals surface area contributed by atoms with Crippen LogP contribution in [0.3, 0.4) is 0 Å². The zero-order chi connectivity index (χ0) is 34.5. The molecule has 0 aliphatic heterocycles. The van der Waals surface area contributed by atoms with Crippen LogP contribution < -0.4 is 0 Å². The van der Waals surface area contributed by atoms with Gasteiger partial charge in [-0.2, -0.15) is 0 Å². The van der Waals surface area contributed by atoms with Crippen LogP contribution in [0.15, 0.2) is 128 Å².